The van der Waals surface area contributed by atoms with Gasteiger partial charge >= 0.3 is 5.69 Å². The van der Waals surface area contributed by atoms with Crippen LogP contribution in [0.1, 0.15) is 42.5 Å². The molecule has 27 heavy (non-hydrogen) atoms. The van der Waals surface area contributed by atoms with Gasteiger partial charge in [0.1, 0.15) is 5.82 Å². The Kier molecular flexibility index (Phi) is 4.23. The minimum Gasteiger partial charge on any atom is -0.342 e. The lowest BCUT2D eigenvalue weighted by molar-refractivity contribution is 0.0920. The molecule has 0 aliphatic heterocycles. The number of carbonyl (C=O) groups excluding carboxylic acids is 1. The molecule has 1 amide bonds. The van der Waals surface area contributed by atoms with E-state index < -0.39 is 0 Å². The van der Waals surface area contributed by atoms with Crippen LogP contribution in [0, 0.1) is 5.92 Å². The average molecular weight is 364 g/mol. The molecule has 1 aromatic carbocycles. The lowest BCUT2D eigenvalue weighted by Gasteiger charge is -2.22. The summed E-state index contributed by atoms with van der Waals surface area (Å²) in [4.78, 5) is 32.5. The van der Waals surface area contributed by atoms with E-state index in [1.165, 1.54) is 10.6 Å². The minimum atomic E-state index is -0.379. The number of para-hydroxylation sites is 2. The maximum atomic E-state index is 12.8. The molecule has 0 aliphatic rings. The van der Waals surface area contributed by atoms with Gasteiger partial charge in [-0.2, -0.15) is 5.10 Å². The van der Waals surface area contributed by atoms with Crippen molar-refractivity contribution in [3.05, 3.63) is 64.5 Å². The molecule has 3 aromatic heterocycles. The molecule has 3 heterocycles. The van der Waals surface area contributed by atoms with E-state index in [1.54, 1.807) is 12.1 Å². The number of imidazole rings is 1. The summed E-state index contributed by atoms with van der Waals surface area (Å²) < 4.78 is 1.31. The van der Waals surface area contributed by atoms with Gasteiger partial charge in [0.25, 0.3) is 5.91 Å². The summed E-state index contributed by atoms with van der Waals surface area (Å²) in [6.07, 6.45) is 2.37. The molecule has 0 fully saturated rings. The fourth-order valence-electron chi connectivity index (χ4n) is 3.10. The van der Waals surface area contributed by atoms with Crippen molar-refractivity contribution in [2.75, 3.05) is 0 Å². The second-order valence-corrected chi connectivity index (χ2v) is 6.65. The van der Waals surface area contributed by atoms with E-state index in [0.717, 1.165) is 23.3 Å². The van der Waals surface area contributed by atoms with E-state index in [1.807, 2.05) is 24.3 Å². The highest BCUT2D eigenvalue weighted by Gasteiger charge is 2.24. The molecular weight excluding hydrogens is 344 g/mol. The number of nitrogens with one attached hydrogen (secondary N) is 3. The van der Waals surface area contributed by atoms with Gasteiger partial charge in [0.05, 0.1) is 22.6 Å². The second-order valence-electron chi connectivity index (χ2n) is 6.65. The first kappa shape index (κ1) is 17.0. The van der Waals surface area contributed by atoms with Crippen molar-refractivity contribution >= 4 is 22.6 Å². The standard InChI is InChI=1S/C19H20N6O2/c1-3-11(2)16(17-20-13-6-4-5-7-14(13)21-17)22-18(26)12-8-9-15-23-24-19(27)25(15)10-12/h4-11,16H,3H2,1-2H3,(H,20,21)(H,22,26)(H,24,27)/t11-,16+/m0/s1. The fraction of sp³-hybridized carbons (Fsp3) is 0.263. The van der Waals surface area contributed by atoms with Gasteiger partial charge in [-0.3, -0.25) is 4.79 Å². The van der Waals surface area contributed by atoms with E-state index in [0.29, 0.717) is 11.2 Å². The Balaban J connectivity index is 1.67. The van der Waals surface area contributed by atoms with Crippen LogP contribution in [0.5, 0.6) is 0 Å². The third kappa shape index (κ3) is 3.10. The van der Waals surface area contributed by atoms with E-state index in [9.17, 15) is 9.59 Å². The molecule has 3 N–H and O–H groups in total. The van der Waals surface area contributed by atoms with Crippen LogP contribution in [-0.4, -0.2) is 30.5 Å². The molecule has 0 bridgehead atoms. The van der Waals surface area contributed by atoms with Gasteiger partial charge in [-0.05, 0) is 30.2 Å². The molecule has 0 saturated carbocycles. The number of hydrogen-bond donors (Lipinski definition) is 3. The number of aromatic amines is 2. The number of aromatic nitrogens is 5. The maximum absolute atomic E-state index is 12.8. The topological polar surface area (TPSA) is 108 Å². The summed E-state index contributed by atoms with van der Waals surface area (Å²) in [5, 5.41) is 9.29. The average Bonchev–Trinajstić information content (AvgIpc) is 3.28. The van der Waals surface area contributed by atoms with Gasteiger partial charge in [-0.1, -0.05) is 32.4 Å². The Morgan fingerprint density at radius 2 is 2.07 bits per heavy atom. The number of benzene rings is 1. The van der Waals surface area contributed by atoms with Crippen LogP contribution in [-0.2, 0) is 0 Å². The van der Waals surface area contributed by atoms with E-state index in [2.05, 4.69) is 39.3 Å². The lowest BCUT2D eigenvalue weighted by atomic mass is 9.98. The first-order chi connectivity index (χ1) is 13.1. The highest BCUT2D eigenvalue weighted by atomic mass is 16.2. The molecule has 0 radical (unpaired) electrons. The second kappa shape index (κ2) is 6.71. The third-order valence-electron chi connectivity index (χ3n) is 4.88. The molecule has 4 aromatic rings. The Bertz CT molecular complexity index is 1140. The quantitative estimate of drug-likeness (QED) is 0.505. The summed E-state index contributed by atoms with van der Waals surface area (Å²) in [5.41, 5.74) is 2.26. The molecule has 0 aliphatic carbocycles. The number of carbonyl (C=O) groups is 1. The Hall–Kier alpha value is -3.42. The van der Waals surface area contributed by atoms with Gasteiger partial charge < -0.3 is 10.3 Å². The zero-order valence-corrected chi connectivity index (χ0v) is 15.1. The van der Waals surface area contributed by atoms with Crippen LogP contribution in [0.3, 0.4) is 0 Å². The van der Waals surface area contributed by atoms with Crippen molar-refractivity contribution in [1.82, 2.24) is 29.9 Å². The normalized spacial score (nSPS) is 13.7. The van der Waals surface area contributed by atoms with Gasteiger partial charge in [0, 0.05) is 6.20 Å². The molecule has 0 spiro atoms. The van der Waals surface area contributed by atoms with Crippen molar-refractivity contribution in [3.8, 4) is 0 Å². The van der Waals surface area contributed by atoms with Gasteiger partial charge in [-0.25, -0.2) is 19.3 Å². The summed E-state index contributed by atoms with van der Waals surface area (Å²) in [6, 6.07) is 10.8. The van der Waals surface area contributed by atoms with Crippen molar-refractivity contribution < 1.29 is 4.79 Å². The largest absolute Gasteiger partial charge is 0.347 e. The van der Waals surface area contributed by atoms with E-state index in [4.69, 9.17) is 0 Å². The first-order valence-corrected chi connectivity index (χ1v) is 8.89. The molecule has 8 nitrogen and oxygen atoms in total. The Morgan fingerprint density at radius 1 is 1.26 bits per heavy atom. The summed E-state index contributed by atoms with van der Waals surface area (Å²) in [6.45, 7) is 4.14. The first-order valence-electron chi connectivity index (χ1n) is 8.89. The number of hydrogen-bond acceptors (Lipinski definition) is 4. The lowest BCUT2D eigenvalue weighted by Crippen LogP contribution is -2.33. The van der Waals surface area contributed by atoms with Gasteiger partial charge in [-0.15, -0.1) is 0 Å². The Morgan fingerprint density at radius 3 is 2.85 bits per heavy atom. The van der Waals surface area contributed by atoms with Crippen LogP contribution >= 0.6 is 0 Å². The Labute approximate surface area is 154 Å². The summed E-state index contributed by atoms with van der Waals surface area (Å²) >= 11 is 0. The molecule has 0 saturated heterocycles. The predicted octanol–water partition coefficient (Wildman–Crippen LogP) is 2.42. The van der Waals surface area contributed by atoms with Crippen LogP contribution in [0.15, 0.2) is 47.4 Å². The predicted molar refractivity (Wildman–Crippen MR) is 102 cm³/mol. The fourth-order valence-corrected chi connectivity index (χ4v) is 3.10. The molecule has 0 unspecified atom stereocenters. The number of H-pyrrole nitrogens is 2. The summed E-state index contributed by atoms with van der Waals surface area (Å²) in [5.74, 6) is 0.631. The number of fused-ring (bicyclic) bond motifs is 2. The maximum Gasteiger partial charge on any atom is 0.347 e. The third-order valence-corrected chi connectivity index (χ3v) is 4.88. The van der Waals surface area contributed by atoms with Crippen molar-refractivity contribution in [1.29, 1.82) is 0 Å². The van der Waals surface area contributed by atoms with Crippen molar-refractivity contribution in [3.63, 3.8) is 0 Å². The SMILES string of the molecule is CC[C@H](C)[C@@H](NC(=O)c1ccc2n[nH]c(=O)n2c1)c1nc2ccccc2[nH]1. The van der Waals surface area contributed by atoms with Gasteiger partial charge in [0.2, 0.25) is 0 Å². The van der Waals surface area contributed by atoms with E-state index >= 15 is 0 Å². The zero-order valence-electron chi connectivity index (χ0n) is 15.1. The molecule has 2 atom stereocenters. The number of nitrogens with zero attached hydrogens (tertiary/aromatic N) is 3. The molecular formula is C19H20N6O2. The highest BCUT2D eigenvalue weighted by Crippen LogP contribution is 2.25. The minimum absolute atomic E-state index is 0.176. The smallest absolute Gasteiger partial charge is 0.342 e. The van der Waals surface area contributed by atoms with Crippen molar-refractivity contribution in [2.45, 2.75) is 26.3 Å². The number of amides is 1. The van der Waals surface area contributed by atoms with Crippen LogP contribution in [0.25, 0.3) is 16.7 Å². The number of pyridine rings is 1. The monoisotopic (exact) mass is 364 g/mol. The summed E-state index contributed by atoms with van der Waals surface area (Å²) in [7, 11) is 0. The van der Waals surface area contributed by atoms with Crippen LogP contribution in [0.2, 0.25) is 0 Å². The highest BCUT2D eigenvalue weighted by molar-refractivity contribution is 5.94. The molecule has 138 valence electrons. The molecule has 8 heteroatoms. The molecule has 4 rings (SSSR count). The zero-order chi connectivity index (χ0) is 19.0. The number of rotatable bonds is 5. The van der Waals surface area contributed by atoms with Crippen LogP contribution < -0.4 is 11.0 Å². The van der Waals surface area contributed by atoms with Crippen LogP contribution in [0.4, 0.5) is 0 Å². The van der Waals surface area contributed by atoms with Crippen molar-refractivity contribution in [2.24, 2.45) is 5.92 Å². The van der Waals surface area contributed by atoms with E-state index in [-0.39, 0.29) is 23.6 Å². The van der Waals surface area contributed by atoms with Gasteiger partial charge in [0.15, 0.2) is 5.65 Å².